The van der Waals surface area contributed by atoms with Gasteiger partial charge in [0.1, 0.15) is 11.8 Å². The van der Waals surface area contributed by atoms with Gasteiger partial charge in [0, 0.05) is 5.02 Å². The van der Waals surface area contributed by atoms with Crippen LogP contribution in [0.15, 0.2) is 38.8 Å². The number of benzene rings is 1. The molecule has 2 aromatic rings. The lowest BCUT2D eigenvalue weighted by Gasteiger charge is -2.12. The van der Waals surface area contributed by atoms with Crippen LogP contribution in [-0.4, -0.2) is 18.2 Å². The maximum Gasteiger partial charge on any atom is 0.257 e. The van der Waals surface area contributed by atoms with Gasteiger partial charge >= 0.3 is 0 Å². The van der Waals surface area contributed by atoms with Crippen LogP contribution in [0.3, 0.4) is 0 Å². The second-order valence-electron chi connectivity index (χ2n) is 5.16. The van der Waals surface area contributed by atoms with Gasteiger partial charge < -0.3 is 10.2 Å². The molecule has 0 unspecified atom stereocenters. The Morgan fingerprint density at radius 3 is 2.86 bits per heavy atom. The number of fused-ring (bicyclic) bond motifs is 1. The van der Waals surface area contributed by atoms with E-state index < -0.39 is 11.9 Å². The molecule has 1 heterocycles. The third-order valence-corrected chi connectivity index (χ3v) is 3.40. The summed E-state index contributed by atoms with van der Waals surface area (Å²) in [6.07, 6.45) is 2.49. The number of carbonyl (C=O) groups is 1. The summed E-state index contributed by atoms with van der Waals surface area (Å²) in [5.74, 6) is -0.428. The van der Waals surface area contributed by atoms with E-state index in [1.807, 2.05) is 13.8 Å². The molecule has 7 heteroatoms. The maximum atomic E-state index is 12.3. The topological polar surface area (TPSA) is 97.7 Å². The van der Waals surface area contributed by atoms with E-state index in [9.17, 15) is 9.59 Å². The quantitative estimate of drug-likeness (QED) is 0.663. The van der Waals surface area contributed by atoms with Crippen molar-refractivity contribution in [2.24, 2.45) is 16.8 Å². The molecule has 0 aliphatic rings. The first-order chi connectivity index (χ1) is 10.4. The summed E-state index contributed by atoms with van der Waals surface area (Å²) >= 11 is 5.87. The molecule has 6 nitrogen and oxygen atoms in total. The van der Waals surface area contributed by atoms with E-state index in [1.165, 1.54) is 18.5 Å². The number of nitrogens with two attached hydrogens (primary N) is 1. The molecule has 1 aromatic heterocycles. The number of hydrazone groups is 1. The summed E-state index contributed by atoms with van der Waals surface area (Å²) in [6, 6.07) is 4.11. The molecule has 1 atom stereocenters. The number of nitrogens with zero attached hydrogens (tertiary/aromatic N) is 1. The van der Waals surface area contributed by atoms with Crippen molar-refractivity contribution in [2.45, 2.75) is 19.9 Å². The molecule has 0 saturated carbocycles. The smallest absolute Gasteiger partial charge is 0.257 e. The highest BCUT2D eigenvalue weighted by Gasteiger charge is 2.16. The van der Waals surface area contributed by atoms with Crippen LogP contribution in [0.25, 0.3) is 11.0 Å². The van der Waals surface area contributed by atoms with Crippen molar-refractivity contribution in [3.63, 3.8) is 0 Å². The maximum absolute atomic E-state index is 12.3. The highest BCUT2D eigenvalue weighted by atomic mass is 35.5. The molecule has 116 valence electrons. The zero-order chi connectivity index (χ0) is 16.3. The predicted octanol–water partition coefficient (Wildman–Crippen LogP) is 1.88. The van der Waals surface area contributed by atoms with Gasteiger partial charge in [0.25, 0.3) is 5.91 Å². The predicted molar refractivity (Wildman–Crippen MR) is 86.0 cm³/mol. The number of hydrogen-bond acceptors (Lipinski definition) is 5. The molecule has 0 aliphatic carbocycles. The largest absolute Gasteiger partial charge is 0.463 e. The second-order valence-corrected chi connectivity index (χ2v) is 5.60. The zero-order valence-electron chi connectivity index (χ0n) is 12.2. The lowest BCUT2D eigenvalue weighted by molar-refractivity contribution is -0.123. The first kappa shape index (κ1) is 16.2. The second kappa shape index (κ2) is 6.72. The SMILES string of the molecule is CC(C)[C@H](N)C(=O)N/N=C/c1coc2ccc(Cl)cc2c1=O. The van der Waals surface area contributed by atoms with Crippen molar-refractivity contribution in [1.29, 1.82) is 0 Å². The molecular formula is C15H16ClN3O3. The van der Waals surface area contributed by atoms with E-state index in [0.717, 1.165) is 0 Å². The van der Waals surface area contributed by atoms with Crippen LogP contribution in [-0.2, 0) is 4.79 Å². The average molecular weight is 322 g/mol. The molecule has 1 aromatic carbocycles. The Morgan fingerprint density at radius 1 is 1.45 bits per heavy atom. The van der Waals surface area contributed by atoms with Crippen molar-refractivity contribution >= 4 is 34.7 Å². The monoisotopic (exact) mass is 321 g/mol. The number of rotatable bonds is 4. The summed E-state index contributed by atoms with van der Waals surface area (Å²) in [5, 5.41) is 4.52. The fourth-order valence-corrected chi connectivity index (χ4v) is 1.92. The minimum absolute atomic E-state index is 0.0110. The van der Waals surface area contributed by atoms with Crippen molar-refractivity contribution in [3.05, 3.63) is 45.3 Å². The van der Waals surface area contributed by atoms with E-state index in [0.29, 0.717) is 16.0 Å². The van der Waals surface area contributed by atoms with Gasteiger partial charge in [0.05, 0.1) is 23.2 Å². The third-order valence-electron chi connectivity index (χ3n) is 3.16. The Morgan fingerprint density at radius 2 is 2.18 bits per heavy atom. The van der Waals surface area contributed by atoms with Crippen LogP contribution in [0.4, 0.5) is 0 Å². The molecule has 1 amide bonds. The number of nitrogens with one attached hydrogen (secondary N) is 1. The third kappa shape index (κ3) is 3.52. The Labute approximate surface area is 131 Å². The number of halogens is 1. The van der Waals surface area contributed by atoms with Crippen LogP contribution in [0.5, 0.6) is 0 Å². The van der Waals surface area contributed by atoms with Crippen LogP contribution in [0.1, 0.15) is 19.4 Å². The van der Waals surface area contributed by atoms with Gasteiger partial charge in [-0.2, -0.15) is 5.10 Å². The molecule has 2 rings (SSSR count). The Hall–Kier alpha value is -2.18. The minimum Gasteiger partial charge on any atom is -0.463 e. The molecular weight excluding hydrogens is 306 g/mol. The fraction of sp³-hybridized carbons (Fsp3) is 0.267. The number of carbonyl (C=O) groups excluding carboxylic acids is 1. The molecule has 0 aliphatic heterocycles. The number of amides is 1. The Bertz CT molecular complexity index is 783. The normalized spacial score (nSPS) is 13.0. The highest BCUT2D eigenvalue weighted by Crippen LogP contribution is 2.16. The van der Waals surface area contributed by atoms with E-state index in [4.69, 9.17) is 21.8 Å². The summed E-state index contributed by atoms with van der Waals surface area (Å²) in [4.78, 5) is 23.9. The van der Waals surface area contributed by atoms with Gasteiger partial charge in [-0.3, -0.25) is 9.59 Å². The van der Waals surface area contributed by atoms with Crippen molar-refractivity contribution < 1.29 is 9.21 Å². The van der Waals surface area contributed by atoms with E-state index in [-0.39, 0.29) is 16.9 Å². The van der Waals surface area contributed by atoms with Crippen molar-refractivity contribution in [1.82, 2.24) is 5.43 Å². The van der Waals surface area contributed by atoms with Crippen molar-refractivity contribution in [3.8, 4) is 0 Å². The van der Waals surface area contributed by atoms with Gasteiger partial charge in [-0.05, 0) is 24.1 Å². The van der Waals surface area contributed by atoms with Crippen LogP contribution in [0, 0.1) is 5.92 Å². The molecule has 0 radical (unpaired) electrons. The summed E-state index contributed by atoms with van der Waals surface area (Å²) in [7, 11) is 0. The lowest BCUT2D eigenvalue weighted by atomic mass is 10.1. The fourth-order valence-electron chi connectivity index (χ4n) is 1.75. The minimum atomic E-state index is -0.663. The zero-order valence-corrected chi connectivity index (χ0v) is 12.9. The van der Waals surface area contributed by atoms with Crippen LogP contribution in [0.2, 0.25) is 5.02 Å². The molecule has 0 bridgehead atoms. The van der Waals surface area contributed by atoms with Crippen molar-refractivity contribution in [2.75, 3.05) is 0 Å². The number of hydrogen-bond donors (Lipinski definition) is 2. The summed E-state index contributed by atoms with van der Waals surface area (Å²) in [5.41, 5.74) is 8.33. The van der Waals surface area contributed by atoms with E-state index in [2.05, 4.69) is 10.5 Å². The highest BCUT2D eigenvalue weighted by molar-refractivity contribution is 6.31. The van der Waals surface area contributed by atoms with E-state index >= 15 is 0 Å². The lowest BCUT2D eigenvalue weighted by Crippen LogP contribution is -2.42. The molecule has 22 heavy (non-hydrogen) atoms. The summed E-state index contributed by atoms with van der Waals surface area (Å²) < 4.78 is 5.33. The Kier molecular flexibility index (Phi) is 4.95. The van der Waals surface area contributed by atoms with Crippen LogP contribution < -0.4 is 16.6 Å². The van der Waals surface area contributed by atoms with Gasteiger partial charge in [-0.1, -0.05) is 25.4 Å². The Balaban J connectivity index is 2.22. The summed E-state index contributed by atoms with van der Waals surface area (Å²) in [6.45, 7) is 3.66. The van der Waals surface area contributed by atoms with Crippen LogP contribution >= 0.6 is 11.6 Å². The molecule has 0 fully saturated rings. The molecule has 3 N–H and O–H groups in total. The average Bonchev–Trinajstić information content (AvgIpc) is 2.49. The van der Waals surface area contributed by atoms with Gasteiger partial charge in [-0.15, -0.1) is 0 Å². The standard InChI is InChI=1S/C15H16ClN3O3/c1-8(2)13(17)15(21)19-18-6-9-7-22-12-4-3-10(16)5-11(12)14(9)20/h3-8,13H,17H2,1-2H3,(H,19,21)/b18-6+/t13-/m0/s1. The van der Waals surface area contributed by atoms with Gasteiger partial charge in [0.15, 0.2) is 0 Å². The molecule has 0 saturated heterocycles. The first-order valence-electron chi connectivity index (χ1n) is 6.69. The van der Waals surface area contributed by atoms with Gasteiger partial charge in [-0.25, -0.2) is 5.43 Å². The van der Waals surface area contributed by atoms with E-state index in [1.54, 1.807) is 12.1 Å². The molecule has 0 spiro atoms. The van der Waals surface area contributed by atoms with Gasteiger partial charge in [0.2, 0.25) is 5.43 Å². The first-order valence-corrected chi connectivity index (χ1v) is 7.07.